The van der Waals surface area contributed by atoms with Crippen LogP contribution in [-0.4, -0.2) is 34.7 Å². The summed E-state index contributed by atoms with van der Waals surface area (Å²) in [6.45, 7) is 4.94. The van der Waals surface area contributed by atoms with E-state index in [0.717, 1.165) is 31.3 Å². The molecule has 0 saturated carbocycles. The van der Waals surface area contributed by atoms with E-state index in [0.29, 0.717) is 35.1 Å². The lowest BCUT2D eigenvalue weighted by molar-refractivity contribution is 0.344. The van der Waals surface area contributed by atoms with Gasteiger partial charge in [-0.1, -0.05) is 24.3 Å². The Bertz CT molecular complexity index is 799. The molecule has 0 spiro atoms. The van der Waals surface area contributed by atoms with E-state index in [1.807, 2.05) is 31.2 Å². The standard InChI is InChI=1S/C18H24N2O3S/c1-2-23-17-7-8-18(16-6-4-3-5-15(16)17)24(21,22)20-12-10-14-9-11-19-13-14/h3-8,14,19-20H,2,9-13H2,1H3. The largest absolute Gasteiger partial charge is 0.493 e. The van der Waals surface area contributed by atoms with Gasteiger partial charge in [0.15, 0.2) is 0 Å². The van der Waals surface area contributed by atoms with Gasteiger partial charge in [-0.05, 0) is 50.9 Å². The number of rotatable bonds is 7. The minimum atomic E-state index is -3.54. The predicted molar refractivity (Wildman–Crippen MR) is 95.9 cm³/mol. The number of fused-ring (bicyclic) bond motifs is 1. The fraction of sp³-hybridized carbons (Fsp3) is 0.444. The summed E-state index contributed by atoms with van der Waals surface area (Å²) in [6.07, 6.45) is 1.98. The summed E-state index contributed by atoms with van der Waals surface area (Å²) in [5, 5.41) is 4.82. The van der Waals surface area contributed by atoms with Crippen LogP contribution in [0.4, 0.5) is 0 Å². The number of nitrogens with one attached hydrogen (secondary N) is 2. The van der Waals surface area contributed by atoms with Crippen molar-refractivity contribution in [2.75, 3.05) is 26.2 Å². The maximum atomic E-state index is 12.7. The maximum Gasteiger partial charge on any atom is 0.241 e. The van der Waals surface area contributed by atoms with Gasteiger partial charge < -0.3 is 10.1 Å². The molecule has 1 unspecified atom stereocenters. The fourth-order valence-corrected chi connectivity index (χ4v) is 4.45. The second-order valence-electron chi connectivity index (χ2n) is 6.09. The Hall–Kier alpha value is -1.63. The molecule has 3 rings (SSSR count). The van der Waals surface area contributed by atoms with Crippen LogP contribution in [0.25, 0.3) is 10.8 Å². The molecule has 0 bridgehead atoms. The topological polar surface area (TPSA) is 67.4 Å². The first kappa shape index (κ1) is 17.2. The Labute approximate surface area is 143 Å². The summed E-state index contributed by atoms with van der Waals surface area (Å²) >= 11 is 0. The molecule has 1 heterocycles. The van der Waals surface area contributed by atoms with Crippen LogP contribution in [-0.2, 0) is 10.0 Å². The van der Waals surface area contributed by atoms with Gasteiger partial charge in [-0.25, -0.2) is 13.1 Å². The molecule has 0 radical (unpaired) electrons. The minimum absolute atomic E-state index is 0.311. The summed E-state index contributed by atoms with van der Waals surface area (Å²) in [5.41, 5.74) is 0. The molecule has 0 amide bonds. The van der Waals surface area contributed by atoms with Gasteiger partial charge in [0.05, 0.1) is 11.5 Å². The third kappa shape index (κ3) is 3.71. The smallest absolute Gasteiger partial charge is 0.241 e. The number of ether oxygens (including phenoxy) is 1. The third-order valence-corrected chi connectivity index (χ3v) is 5.96. The summed E-state index contributed by atoms with van der Waals surface area (Å²) in [5.74, 6) is 1.27. The molecule has 2 aromatic rings. The van der Waals surface area contributed by atoms with Crippen molar-refractivity contribution in [2.24, 2.45) is 5.92 Å². The molecule has 1 aliphatic rings. The first-order chi connectivity index (χ1) is 11.6. The van der Waals surface area contributed by atoms with Gasteiger partial charge in [-0.3, -0.25) is 0 Å². The normalized spacial score (nSPS) is 18.1. The quantitative estimate of drug-likeness (QED) is 0.807. The highest BCUT2D eigenvalue weighted by Gasteiger charge is 2.20. The highest BCUT2D eigenvalue weighted by molar-refractivity contribution is 7.89. The SMILES string of the molecule is CCOc1ccc(S(=O)(=O)NCCC2CCNC2)c2ccccc12. The van der Waals surface area contributed by atoms with Crippen LogP contribution in [0.3, 0.4) is 0 Å². The first-order valence-electron chi connectivity index (χ1n) is 8.46. The van der Waals surface area contributed by atoms with Crippen LogP contribution in [0, 0.1) is 5.92 Å². The molecule has 6 heteroatoms. The van der Waals surface area contributed by atoms with Crippen molar-refractivity contribution in [3.8, 4) is 5.75 Å². The number of benzene rings is 2. The number of hydrogen-bond acceptors (Lipinski definition) is 4. The van der Waals surface area contributed by atoms with Crippen LogP contribution < -0.4 is 14.8 Å². The molecule has 5 nitrogen and oxygen atoms in total. The van der Waals surface area contributed by atoms with E-state index in [-0.39, 0.29) is 0 Å². The van der Waals surface area contributed by atoms with Crippen molar-refractivity contribution in [2.45, 2.75) is 24.7 Å². The Morgan fingerprint density at radius 3 is 2.71 bits per heavy atom. The van der Waals surface area contributed by atoms with Crippen molar-refractivity contribution < 1.29 is 13.2 Å². The van der Waals surface area contributed by atoms with E-state index >= 15 is 0 Å². The second-order valence-corrected chi connectivity index (χ2v) is 7.82. The van der Waals surface area contributed by atoms with Crippen LogP contribution in [0.1, 0.15) is 19.8 Å². The maximum absolute atomic E-state index is 12.7. The summed E-state index contributed by atoms with van der Waals surface area (Å²) in [7, 11) is -3.54. The zero-order valence-corrected chi connectivity index (χ0v) is 14.7. The highest BCUT2D eigenvalue weighted by atomic mass is 32.2. The Kier molecular flexibility index (Phi) is 5.38. The predicted octanol–water partition coefficient (Wildman–Crippen LogP) is 2.52. The molecule has 130 valence electrons. The van der Waals surface area contributed by atoms with Gasteiger partial charge >= 0.3 is 0 Å². The summed E-state index contributed by atoms with van der Waals surface area (Å²) in [6, 6.07) is 10.8. The molecule has 1 saturated heterocycles. The Balaban J connectivity index is 1.83. The molecule has 1 fully saturated rings. The highest BCUT2D eigenvalue weighted by Crippen LogP contribution is 2.31. The van der Waals surface area contributed by atoms with E-state index in [1.54, 1.807) is 12.1 Å². The number of sulfonamides is 1. The monoisotopic (exact) mass is 348 g/mol. The molecule has 0 aliphatic carbocycles. The zero-order chi connectivity index (χ0) is 17.0. The minimum Gasteiger partial charge on any atom is -0.493 e. The van der Waals surface area contributed by atoms with E-state index < -0.39 is 10.0 Å². The van der Waals surface area contributed by atoms with Crippen molar-refractivity contribution in [1.29, 1.82) is 0 Å². The Morgan fingerprint density at radius 2 is 2.00 bits per heavy atom. The molecular formula is C18H24N2O3S. The zero-order valence-electron chi connectivity index (χ0n) is 13.9. The van der Waals surface area contributed by atoms with Crippen LogP contribution >= 0.6 is 0 Å². The van der Waals surface area contributed by atoms with Gasteiger partial charge in [0.2, 0.25) is 10.0 Å². The molecule has 2 aromatic carbocycles. The Morgan fingerprint density at radius 1 is 1.21 bits per heavy atom. The molecule has 1 atom stereocenters. The van der Waals surface area contributed by atoms with Crippen molar-refractivity contribution in [1.82, 2.24) is 10.0 Å². The third-order valence-electron chi connectivity index (χ3n) is 4.44. The lowest BCUT2D eigenvalue weighted by atomic mass is 10.1. The van der Waals surface area contributed by atoms with Gasteiger partial charge in [0, 0.05) is 17.3 Å². The van der Waals surface area contributed by atoms with Crippen LogP contribution in [0.2, 0.25) is 0 Å². The fourth-order valence-electron chi connectivity index (χ4n) is 3.20. The van der Waals surface area contributed by atoms with Crippen molar-refractivity contribution in [3.05, 3.63) is 36.4 Å². The van der Waals surface area contributed by atoms with Crippen molar-refractivity contribution in [3.63, 3.8) is 0 Å². The van der Waals surface area contributed by atoms with Crippen LogP contribution in [0.15, 0.2) is 41.3 Å². The molecule has 2 N–H and O–H groups in total. The average molecular weight is 348 g/mol. The molecule has 0 aromatic heterocycles. The van der Waals surface area contributed by atoms with Gasteiger partial charge in [-0.15, -0.1) is 0 Å². The first-order valence-corrected chi connectivity index (χ1v) is 9.95. The second kappa shape index (κ2) is 7.51. The van der Waals surface area contributed by atoms with E-state index in [4.69, 9.17) is 4.74 Å². The number of hydrogen-bond donors (Lipinski definition) is 2. The van der Waals surface area contributed by atoms with E-state index in [9.17, 15) is 8.42 Å². The van der Waals surface area contributed by atoms with E-state index in [1.165, 1.54) is 0 Å². The molecule has 1 aliphatic heterocycles. The summed E-state index contributed by atoms with van der Waals surface area (Å²) < 4.78 is 33.8. The molecule has 24 heavy (non-hydrogen) atoms. The van der Waals surface area contributed by atoms with E-state index in [2.05, 4.69) is 10.0 Å². The van der Waals surface area contributed by atoms with Crippen LogP contribution in [0.5, 0.6) is 5.75 Å². The van der Waals surface area contributed by atoms with Crippen molar-refractivity contribution >= 4 is 20.8 Å². The lowest BCUT2D eigenvalue weighted by Crippen LogP contribution is -2.26. The summed E-state index contributed by atoms with van der Waals surface area (Å²) in [4.78, 5) is 0.311. The molecular weight excluding hydrogens is 324 g/mol. The average Bonchev–Trinajstić information content (AvgIpc) is 3.08. The lowest BCUT2D eigenvalue weighted by Gasteiger charge is -2.14. The van der Waals surface area contributed by atoms with Gasteiger partial charge in [0.1, 0.15) is 5.75 Å². The van der Waals surface area contributed by atoms with Gasteiger partial charge in [0.25, 0.3) is 0 Å². The van der Waals surface area contributed by atoms with Gasteiger partial charge in [-0.2, -0.15) is 0 Å².